The number of benzene rings is 1. The number of hydrogen-bond acceptors (Lipinski definition) is 5. The molecule has 0 amide bonds. The molecule has 4 aromatic heterocycles. The molecule has 0 aliphatic heterocycles. The summed E-state index contributed by atoms with van der Waals surface area (Å²) in [4.78, 5) is 6.69. The predicted octanol–water partition coefficient (Wildman–Crippen LogP) is 5.12. The average molecular weight is 369 g/mol. The molecule has 5 nitrogen and oxygen atoms in total. The Morgan fingerprint density at radius 1 is 0.815 bits per heavy atom. The van der Waals surface area contributed by atoms with Crippen molar-refractivity contribution in [3.8, 4) is 32.5 Å². The summed E-state index contributed by atoms with van der Waals surface area (Å²) < 4.78 is 0. The standard InChI is InChI=1S/C21H15N5S/c1-13-8-10-22-17(12-13)18-6-7-19(27-18)21-15-5-3-2-4-14(15)20(25-26-21)16-9-11-23-24-16/h2-12H,1H3,(H,23,24). The Kier molecular flexibility index (Phi) is 3.76. The molecule has 4 heterocycles. The van der Waals surface area contributed by atoms with Crippen molar-refractivity contribution < 1.29 is 0 Å². The molecular weight excluding hydrogens is 354 g/mol. The molecule has 1 N–H and O–H groups in total. The van der Waals surface area contributed by atoms with Crippen LogP contribution in [0.2, 0.25) is 0 Å². The van der Waals surface area contributed by atoms with Crippen molar-refractivity contribution in [1.82, 2.24) is 25.4 Å². The van der Waals surface area contributed by atoms with E-state index in [0.29, 0.717) is 0 Å². The van der Waals surface area contributed by atoms with Gasteiger partial charge in [0.15, 0.2) is 0 Å². The Balaban J connectivity index is 1.66. The first-order chi connectivity index (χ1) is 13.3. The maximum absolute atomic E-state index is 4.55. The molecule has 0 saturated carbocycles. The lowest BCUT2D eigenvalue weighted by molar-refractivity contribution is 1.04. The second-order valence-corrected chi connectivity index (χ2v) is 7.38. The molecule has 0 bridgehead atoms. The maximum atomic E-state index is 4.55. The molecule has 5 aromatic rings. The highest BCUT2D eigenvalue weighted by atomic mass is 32.1. The Bertz CT molecular complexity index is 1240. The van der Waals surface area contributed by atoms with E-state index in [1.165, 1.54) is 5.56 Å². The minimum absolute atomic E-state index is 0.809. The van der Waals surface area contributed by atoms with E-state index in [2.05, 4.69) is 62.6 Å². The molecule has 0 aliphatic carbocycles. The second kappa shape index (κ2) is 6.41. The lowest BCUT2D eigenvalue weighted by atomic mass is 10.1. The van der Waals surface area contributed by atoms with Crippen molar-refractivity contribution in [3.63, 3.8) is 0 Å². The van der Waals surface area contributed by atoms with Gasteiger partial charge in [0.2, 0.25) is 0 Å². The van der Waals surface area contributed by atoms with Crippen LogP contribution in [0.1, 0.15) is 5.56 Å². The Hall–Kier alpha value is -3.38. The van der Waals surface area contributed by atoms with Crippen molar-refractivity contribution >= 4 is 22.1 Å². The zero-order valence-electron chi connectivity index (χ0n) is 14.5. The van der Waals surface area contributed by atoms with Crippen LogP contribution in [0.3, 0.4) is 0 Å². The monoisotopic (exact) mass is 369 g/mol. The Labute approximate surface area is 159 Å². The van der Waals surface area contributed by atoms with Gasteiger partial charge in [0.05, 0.1) is 21.1 Å². The molecule has 130 valence electrons. The van der Waals surface area contributed by atoms with Gasteiger partial charge in [0.25, 0.3) is 0 Å². The van der Waals surface area contributed by atoms with Gasteiger partial charge in [-0.15, -0.1) is 21.5 Å². The first-order valence-corrected chi connectivity index (χ1v) is 9.39. The molecule has 0 fully saturated rings. The van der Waals surface area contributed by atoms with Gasteiger partial charge in [-0.3, -0.25) is 10.1 Å². The molecule has 27 heavy (non-hydrogen) atoms. The minimum atomic E-state index is 0.809. The van der Waals surface area contributed by atoms with E-state index in [-0.39, 0.29) is 0 Å². The summed E-state index contributed by atoms with van der Waals surface area (Å²) in [5, 5.41) is 18.2. The van der Waals surface area contributed by atoms with E-state index in [9.17, 15) is 0 Å². The zero-order chi connectivity index (χ0) is 18.2. The third-order valence-corrected chi connectivity index (χ3v) is 5.56. The lowest BCUT2D eigenvalue weighted by Crippen LogP contribution is -1.94. The quantitative estimate of drug-likeness (QED) is 0.479. The van der Waals surface area contributed by atoms with Gasteiger partial charge in [-0.05, 0) is 42.8 Å². The van der Waals surface area contributed by atoms with Crippen molar-refractivity contribution in [1.29, 1.82) is 0 Å². The van der Waals surface area contributed by atoms with Crippen molar-refractivity contribution in [2.45, 2.75) is 6.92 Å². The molecule has 0 unspecified atom stereocenters. The van der Waals surface area contributed by atoms with Crippen LogP contribution in [0.4, 0.5) is 0 Å². The summed E-state index contributed by atoms with van der Waals surface area (Å²) in [5.74, 6) is 0. The molecular formula is C21H15N5S. The highest BCUT2D eigenvalue weighted by molar-refractivity contribution is 7.18. The summed E-state index contributed by atoms with van der Waals surface area (Å²) in [6.07, 6.45) is 3.57. The third-order valence-electron chi connectivity index (χ3n) is 4.45. The number of aromatic amines is 1. The lowest BCUT2D eigenvalue weighted by Gasteiger charge is -2.07. The third kappa shape index (κ3) is 2.80. The smallest absolute Gasteiger partial charge is 0.119 e. The summed E-state index contributed by atoms with van der Waals surface area (Å²) in [6.45, 7) is 2.08. The van der Waals surface area contributed by atoms with E-state index in [0.717, 1.165) is 43.3 Å². The van der Waals surface area contributed by atoms with Crippen LogP contribution in [0.5, 0.6) is 0 Å². The number of nitrogens with zero attached hydrogens (tertiary/aromatic N) is 4. The largest absolute Gasteiger partial charge is 0.276 e. The Morgan fingerprint density at radius 2 is 1.59 bits per heavy atom. The van der Waals surface area contributed by atoms with Gasteiger partial charge in [-0.25, -0.2) is 0 Å². The number of hydrogen-bond donors (Lipinski definition) is 1. The molecule has 6 heteroatoms. The number of pyridine rings is 1. The minimum Gasteiger partial charge on any atom is -0.276 e. The molecule has 0 radical (unpaired) electrons. The van der Waals surface area contributed by atoms with E-state index < -0.39 is 0 Å². The molecule has 0 spiro atoms. The van der Waals surface area contributed by atoms with Crippen LogP contribution in [0.25, 0.3) is 43.3 Å². The Morgan fingerprint density at radius 3 is 2.37 bits per heavy atom. The number of aryl methyl sites for hydroxylation is 1. The normalized spacial score (nSPS) is 11.1. The SMILES string of the molecule is Cc1ccnc(-c2ccc(-c3nnc(-c4ccn[nH]4)c4ccccc34)s2)c1. The van der Waals surface area contributed by atoms with E-state index >= 15 is 0 Å². The van der Waals surface area contributed by atoms with Crippen LogP contribution < -0.4 is 0 Å². The molecule has 0 aliphatic rings. The topological polar surface area (TPSA) is 67.3 Å². The van der Waals surface area contributed by atoms with Crippen molar-refractivity contribution in [2.24, 2.45) is 0 Å². The number of H-pyrrole nitrogens is 1. The summed E-state index contributed by atoms with van der Waals surface area (Å²) in [7, 11) is 0. The number of rotatable bonds is 3. The van der Waals surface area contributed by atoms with Gasteiger partial charge < -0.3 is 0 Å². The number of aromatic nitrogens is 5. The summed E-state index contributed by atoms with van der Waals surface area (Å²) in [6, 6.07) is 18.4. The van der Waals surface area contributed by atoms with Crippen LogP contribution in [-0.4, -0.2) is 25.4 Å². The van der Waals surface area contributed by atoms with Crippen molar-refractivity contribution in [2.75, 3.05) is 0 Å². The van der Waals surface area contributed by atoms with Crippen LogP contribution in [0.15, 0.2) is 67.0 Å². The van der Waals surface area contributed by atoms with E-state index in [1.54, 1.807) is 17.5 Å². The fraction of sp³-hybridized carbons (Fsp3) is 0.0476. The molecule has 5 rings (SSSR count). The summed E-state index contributed by atoms with van der Waals surface area (Å²) in [5.41, 5.74) is 4.74. The average Bonchev–Trinajstić information content (AvgIpc) is 3.39. The highest BCUT2D eigenvalue weighted by Crippen LogP contribution is 2.37. The molecule has 0 saturated heterocycles. The van der Waals surface area contributed by atoms with Gasteiger partial charge in [0, 0.05) is 23.2 Å². The van der Waals surface area contributed by atoms with Crippen LogP contribution >= 0.6 is 11.3 Å². The van der Waals surface area contributed by atoms with Gasteiger partial charge in [-0.1, -0.05) is 24.3 Å². The fourth-order valence-corrected chi connectivity index (χ4v) is 4.12. The molecule has 1 aromatic carbocycles. The fourth-order valence-electron chi connectivity index (χ4n) is 3.15. The van der Waals surface area contributed by atoms with Crippen LogP contribution in [0, 0.1) is 6.92 Å². The van der Waals surface area contributed by atoms with E-state index in [1.807, 2.05) is 30.5 Å². The van der Waals surface area contributed by atoms with Gasteiger partial charge >= 0.3 is 0 Å². The number of thiophene rings is 1. The van der Waals surface area contributed by atoms with Crippen LogP contribution in [-0.2, 0) is 0 Å². The van der Waals surface area contributed by atoms with Crippen molar-refractivity contribution in [3.05, 3.63) is 72.6 Å². The highest BCUT2D eigenvalue weighted by Gasteiger charge is 2.15. The molecule has 0 atom stereocenters. The van der Waals surface area contributed by atoms with Gasteiger partial charge in [0.1, 0.15) is 11.4 Å². The number of fused-ring (bicyclic) bond motifs is 1. The first kappa shape index (κ1) is 15.8. The second-order valence-electron chi connectivity index (χ2n) is 6.30. The zero-order valence-corrected chi connectivity index (χ0v) is 15.4. The maximum Gasteiger partial charge on any atom is 0.119 e. The predicted molar refractivity (Wildman–Crippen MR) is 108 cm³/mol. The van der Waals surface area contributed by atoms with Gasteiger partial charge in [-0.2, -0.15) is 5.10 Å². The van der Waals surface area contributed by atoms with E-state index in [4.69, 9.17) is 0 Å². The first-order valence-electron chi connectivity index (χ1n) is 8.58. The summed E-state index contributed by atoms with van der Waals surface area (Å²) >= 11 is 1.68. The number of nitrogens with one attached hydrogen (secondary N) is 1.